The van der Waals surface area contributed by atoms with Crippen LogP contribution in [0.15, 0.2) is 43.6 Å². The molecular weight excluding hydrogens is 330 g/mol. The molecule has 7 heteroatoms. The van der Waals surface area contributed by atoms with E-state index in [0.717, 1.165) is 14.9 Å². The largest absolute Gasteiger partial charge is 0.389 e. The van der Waals surface area contributed by atoms with Gasteiger partial charge in [0.05, 0.1) is 6.10 Å². The van der Waals surface area contributed by atoms with E-state index in [4.69, 9.17) is 5.73 Å². The van der Waals surface area contributed by atoms with E-state index in [1.54, 1.807) is 6.92 Å². The predicted molar refractivity (Wildman–Crippen MR) is 78.2 cm³/mol. The minimum Gasteiger partial charge on any atom is -0.389 e. The van der Waals surface area contributed by atoms with Gasteiger partial charge in [0, 0.05) is 15.4 Å². The van der Waals surface area contributed by atoms with Crippen LogP contribution in [0.5, 0.6) is 0 Å². The predicted octanol–water partition coefficient (Wildman–Crippen LogP) is 2.32. The SMILES string of the molecule is C[C@H](O)c1ccc(Sc2nc(N)cc(=O)[nH]2)cc1Br. The quantitative estimate of drug-likeness (QED) is 0.745. The van der Waals surface area contributed by atoms with Crippen LogP contribution in [-0.4, -0.2) is 15.1 Å². The molecule has 0 radical (unpaired) electrons. The summed E-state index contributed by atoms with van der Waals surface area (Å²) in [6.07, 6.45) is -0.543. The van der Waals surface area contributed by atoms with E-state index in [2.05, 4.69) is 25.9 Å². The number of aromatic amines is 1. The number of aliphatic hydroxyl groups excluding tert-OH is 1. The number of nitrogens with two attached hydrogens (primary N) is 1. The highest BCUT2D eigenvalue weighted by atomic mass is 79.9. The molecule has 0 fully saturated rings. The summed E-state index contributed by atoms with van der Waals surface area (Å²) in [5.74, 6) is 0.186. The molecule has 0 aliphatic heterocycles. The van der Waals surface area contributed by atoms with Crippen molar-refractivity contribution in [2.24, 2.45) is 0 Å². The maximum Gasteiger partial charge on any atom is 0.253 e. The van der Waals surface area contributed by atoms with Gasteiger partial charge in [-0.25, -0.2) is 4.98 Å². The van der Waals surface area contributed by atoms with Crippen LogP contribution in [0.3, 0.4) is 0 Å². The second kappa shape index (κ2) is 5.77. The lowest BCUT2D eigenvalue weighted by atomic mass is 10.1. The Morgan fingerprint density at radius 3 is 2.79 bits per heavy atom. The van der Waals surface area contributed by atoms with E-state index in [1.165, 1.54) is 17.8 Å². The van der Waals surface area contributed by atoms with Crippen molar-refractivity contribution in [3.05, 3.63) is 44.7 Å². The Morgan fingerprint density at radius 2 is 2.21 bits per heavy atom. The summed E-state index contributed by atoms with van der Waals surface area (Å²) in [4.78, 5) is 18.8. The van der Waals surface area contributed by atoms with Gasteiger partial charge in [-0.3, -0.25) is 4.79 Å². The zero-order valence-corrected chi connectivity index (χ0v) is 12.5. The van der Waals surface area contributed by atoms with Crippen LogP contribution < -0.4 is 11.3 Å². The van der Waals surface area contributed by atoms with E-state index in [1.807, 2.05) is 18.2 Å². The molecule has 1 aromatic heterocycles. The Kier molecular flexibility index (Phi) is 4.28. The number of nitrogen functional groups attached to an aromatic ring is 1. The maximum absolute atomic E-state index is 11.3. The van der Waals surface area contributed by atoms with E-state index < -0.39 is 6.10 Å². The molecule has 1 aromatic carbocycles. The molecule has 1 atom stereocenters. The molecule has 2 rings (SSSR count). The van der Waals surface area contributed by atoms with Gasteiger partial charge in [0.25, 0.3) is 5.56 Å². The highest BCUT2D eigenvalue weighted by Gasteiger charge is 2.08. The molecule has 0 spiro atoms. The Labute approximate surface area is 122 Å². The number of aromatic nitrogens is 2. The van der Waals surface area contributed by atoms with Crippen molar-refractivity contribution in [3.63, 3.8) is 0 Å². The lowest BCUT2D eigenvalue weighted by Gasteiger charge is -2.09. The van der Waals surface area contributed by atoms with Crippen LogP contribution in [0.4, 0.5) is 5.82 Å². The molecule has 0 aliphatic rings. The maximum atomic E-state index is 11.3. The van der Waals surface area contributed by atoms with Gasteiger partial charge >= 0.3 is 0 Å². The fraction of sp³-hybridized carbons (Fsp3) is 0.167. The number of nitrogens with zero attached hydrogens (tertiary/aromatic N) is 1. The molecule has 4 N–H and O–H groups in total. The zero-order chi connectivity index (χ0) is 14.0. The van der Waals surface area contributed by atoms with Crippen molar-refractivity contribution in [2.75, 3.05) is 5.73 Å². The first-order valence-electron chi connectivity index (χ1n) is 5.48. The average molecular weight is 342 g/mol. The third kappa shape index (κ3) is 3.59. The molecule has 19 heavy (non-hydrogen) atoms. The number of halogens is 1. The minimum atomic E-state index is -0.543. The van der Waals surface area contributed by atoms with Crippen LogP contribution in [0, 0.1) is 0 Å². The van der Waals surface area contributed by atoms with Crippen LogP contribution in [0.2, 0.25) is 0 Å². The van der Waals surface area contributed by atoms with Gasteiger partial charge < -0.3 is 15.8 Å². The molecule has 2 aromatic rings. The van der Waals surface area contributed by atoms with Crippen LogP contribution in [0.1, 0.15) is 18.6 Å². The summed E-state index contributed by atoms with van der Waals surface area (Å²) in [5.41, 5.74) is 6.04. The summed E-state index contributed by atoms with van der Waals surface area (Å²) < 4.78 is 0.804. The smallest absolute Gasteiger partial charge is 0.253 e. The second-order valence-electron chi connectivity index (χ2n) is 3.94. The lowest BCUT2D eigenvalue weighted by Crippen LogP contribution is -2.09. The summed E-state index contributed by atoms with van der Waals surface area (Å²) in [6, 6.07) is 6.76. The van der Waals surface area contributed by atoms with E-state index >= 15 is 0 Å². The van der Waals surface area contributed by atoms with Gasteiger partial charge in [-0.15, -0.1) is 0 Å². The number of benzene rings is 1. The topological polar surface area (TPSA) is 92.0 Å². The number of hydrogen-bond acceptors (Lipinski definition) is 5. The van der Waals surface area contributed by atoms with Crippen molar-refractivity contribution in [1.82, 2.24) is 9.97 Å². The van der Waals surface area contributed by atoms with Gasteiger partial charge in [0.1, 0.15) is 5.82 Å². The first-order valence-corrected chi connectivity index (χ1v) is 7.09. The van der Waals surface area contributed by atoms with E-state index in [9.17, 15) is 9.90 Å². The summed E-state index contributed by atoms with van der Waals surface area (Å²) in [5, 5.41) is 9.98. The number of anilines is 1. The molecule has 0 unspecified atom stereocenters. The Bertz CT molecular complexity index is 658. The van der Waals surface area contributed by atoms with Gasteiger partial charge in [-0.2, -0.15) is 0 Å². The fourth-order valence-electron chi connectivity index (χ4n) is 1.52. The second-order valence-corrected chi connectivity index (χ2v) is 5.85. The standard InChI is InChI=1S/C12H12BrN3O2S/c1-6(17)8-3-2-7(4-9(8)13)19-12-15-10(14)5-11(18)16-12/h2-6,17H,1H3,(H3,14,15,16,18)/t6-/m0/s1. The first kappa shape index (κ1) is 14.1. The molecule has 100 valence electrons. The number of nitrogens with one attached hydrogen (secondary N) is 1. The third-order valence-corrected chi connectivity index (χ3v) is 3.94. The molecule has 0 saturated carbocycles. The summed E-state index contributed by atoms with van der Waals surface area (Å²) in [6.45, 7) is 1.70. The number of H-pyrrole nitrogens is 1. The normalized spacial score (nSPS) is 12.4. The highest BCUT2D eigenvalue weighted by Crippen LogP contribution is 2.31. The average Bonchev–Trinajstić information content (AvgIpc) is 2.26. The Morgan fingerprint density at radius 1 is 1.47 bits per heavy atom. The monoisotopic (exact) mass is 341 g/mol. The molecule has 0 bridgehead atoms. The molecule has 5 nitrogen and oxygen atoms in total. The van der Waals surface area contributed by atoms with Gasteiger partial charge in [0.2, 0.25) is 0 Å². The Balaban J connectivity index is 2.29. The van der Waals surface area contributed by atoms with Gasteiger partial charge in [-0.1, -0.05) is 33.8 Å². The lowest BCUT2D eigenvalue weighted by molar-refractivity contribution is 0.198. The summed E-state index contributed by atoms with van der Waals surface area (Å²) >= 11 is 4.69. The van der Waals surface area contributed by atoms with Crippen LogP contribution in [-0.2, 0) is 0 Å². The van der Waals surface area contributed by atoms with Crippen molar-refractivity contribution < 1.29 is 5.11 Å². The Hall–Kier alpha value is -1.31. The number of aliphatic hydroxyl groups is 1. The van der Waals surface area contributed by atoms with Crippen LogP contribution >= 0.6 is 27.7 Å². The fourth-order valence-corrected chi connectivity index (χ4v) is 3.22. The van der Waals surface area contributed by atoms with Gasteiger partial charge in [0.15, 0.2) is 5.16 Å². The van der Waals surface area contributed by atoms with Crippen molar-refractivity contribution in [1.29, 1.82) is 0 Å². The van der Waals surface area contributed by atoms with Crippen molar-refractivity contribution >= 4 is 33.5 Å². The third-order valence-electron chi connectivity index (χ3n) is 2.38. The zero-order valence-electron chi connectivity index (χ0n) is 10.1. The summed E-state index contributed by atoms with van der Waals surface area (Å²) in [7, 11) is 0. The highest BCUT2D eigenvalue weighted by molar-refractivity contribution is 9.10. The molecular formula is C12H12BrN3O2S. The van der Waals surface area contributed by atoms with Gasteiger partial charge in [-0.05, 0) is 24.6 Å². The molecule has 1 heterocycles. The van der Waals surface area contributed by atoms with E-state index in [0.29, 0.717) is 5.16 Å². The number of hydrogen-bond donors (Lipinski definition) is 3. The minimum absolute atomic E-state index is 0.186. The molecule has 0 amide bonds. The number of rotatable bonds is 3. The molecule has 0 aliphatic carbocycles. The first-order chi connectivity index (χ1) is 8.95. The van der Waals surface area contributed by atoms with Crippen molar-refractivity contribution in [2.45, 2.75) is 23.1 Å². The molecule has 0 saturated heterocycles. The van der Waals surface area contributed by atoms with E-state index in [-0.39, 0.29) is 11.4 Å². The van der Waals surface area contributed by atoms with Crippen molar-refractivity contribution in [3.8, 4) is 0 Å². The van der Waals surface area contributed by atoms with Crippen LogP contribution in [0.25, 0.3) is 0 Å².